The number of benzene rings is 1. The Balaban J connectivity index is 1.95. The van der Waals surface area contributed by atoms with E-state index in [-0.39, 0.29) is 29.5 Å². The fourth-order valence-corrected chi connectivity index (χ4v) is 4.02. The van der Waals surface area contributed by atoms with Gasteiger partial charge in [-0.2, -0.15) is 0 Å². The zero-order valence-electron chi connectivity index (χ0n) is 13.1. The SMILES string of the molecule is CC(C)NC(=O)c1cccc(NC(=O)NC2CCS(=O)(=O)C2)c1. The van der Waals surface area contributed by atoms with Gasteiger partial charge in [-0.1, -0.05) is 6.07 Å². The molecular formula is C15H21N3O4S. The molecule has 1 aliphatic rings. The molecule has 7 nitrogen and oxygen atoms in total. The molecule has 3 N–H and O–H groups in total. The molecule has 0 spiro atoms. The van der Waals surface area contributed by atoms with Crippen LogP contribution in [-0.2, 0) is 9.84 Å². The van der Waals surface area contributed by atoms with Crippen molar-refractivity contribution in [3.8, 4) is 0 Å². The van der Waals surface area contributed by atoms with Crippen molar-refractivity contribution in [3.05, 3.63) is 29.8 Å². The fraction of sp³-hybridized carbons (Fsp3) is 0.467. The highest BCUT2D eigenvalue weighted by Crippen LogP contribution is 2.13. The average molecular weight is 339 g/mol. The monoisotopic (exact) mass is 339 g/mol. The largest absolute Gasteiger partial charge is 0.350 e. The van der Waals surface area contributed by atoms with Crippen molar-refractivity contribution >= 4 is 27.5 Å². The second-order valence-electron chi connectivity index (χ2n) is 5.91. The van der Waals surface area contributed by atoms with E-state index in [4.69, 9.17) is 0 Å². The first-order valence-electron chi connectivity index (χ1n) is 7.44. The molecule has 1 aromatic carbocycles. The zero-order chi connectivity index (χ0) is 17.0. The number of hydrogen-bond acceptors (Lipinski definition) is 4. The van der Waals surface area contributed by atoms with Crippen molar-refractivity contribution in [2.75, 3.05) is 16.8 Å². The van der Waals surface area contributed by atoms with Gasteiger partial charge in [-0.15, -0.1) is 0 Å². The van der Waals surface area contributed by atoms with E-state index in [1.807, 2.05) is 13.8 Å². The zero-order valence-corrected chi connectivity index (χ0v) is 13.9. The molecule has 126 valence electrons. The molecule has 3 amide bonds. The van der Waals surface area contributed by atoms with Crippen LogP contribution in [-0.4, -0.2) is 43.9 Å². The van der Waals surface area contributed by atoms with Crippen LogP contribution in [0.2, 0.25) is 0 Å². The number of urea groups is 1. The number of rotatable bonds is 4. The quantitative estimate of drug-likeness (QED) is 0.765. The van der Waals surface area contributed by atoms with E-state index in [0.29, 0.717) is 17.7 Å². The van der Waals surface area contributed by atoms with Crippen LogP contribution in [0.5, 0.6) is 0 Å². The highest BCUT2D eigenvalue weighted by Gasteiger charge is 2.28. The number of amides is 3. The van der Waals surface area contributed by atoms with Crippen LogP contribution in [0.3, 0.4) is 0 Å². The van der Waals surface area contributed by atoms with Crippen LogP contribution in [0.25, 0.3) is 0 Å². The Kier molecular flexibility index (Phi) is 5.25. The van der Waals surface area contributed by atoms with E-state index in [1.54, 1.807) is 24.3 Å². The predicted octanol–water partition coefficient (Wildman–Crippen LogP) is 1.13. The minimum atomic E-state index is -3.04. The first-order chi connectivity index (χ1) is 10.7. The fourth-order valence-electron chi connectivity index (χ4n) is 2.35. The summed E-state index contributed by atoms with van der Waals surface area (Å²) in [5.74, 6) is -0.147. The Labute approximate surface area is 135 Å². The van der Waals surface area contributed by atoms with Gasteiger partial charge < -0.3 is 16.0 Å². The number of anilines is 1. The van der Waals surface area contributed by atoms with E-state index >= 15 is 0 Å². The van der Waals surface area contributed by atoms with Crippen LogP contribution >= 0.6 is 0 Å². The van der Waals surface area contributed by atoms with Crippen LogP contribution in [0.4, 0.5) is 10.5 Å². The maximum absolute atomic E-state index is 11.9. The Hall–Kier alpha value is -2.09. The molecule has 1 aromatic rings. The third kappa shape index (κ3) is 5.24. The molecule has 8 heteroatoms. The molecule has 23 heavy (non-hydrogen) atoms. The Bertz CT molecular complexity index is 700. The van der Waals surface area contributed by atoms with Crippen LogP contribution in [0.1, 0.15) is 30.6 Å². The van der Waals surface area contributed by atoms with Crippen molar-refractivity contribution in [1.29, 1.82) is 0 Å². The van der Waals surface area contributed by atoms with Crippen molar-refractivity contribution in [3.63, 3.8) is 0 Å². The number of carbonyl (C=O) groups is 2. The maximum atomic E-state index is 11.9. The average Bonchev–Trinajstić information content (AvgIpc) is 2.77. The minimum absolute atomic E-state index is 0.0201. The lowest BCUT2D eigenvalue weighted by Gasteiger charge is -2.13. The lowest BCUT2D eigenvalue weighted by Crippen LogP contribution is -2.38. The van der Waals surface area contributed by atoms with Gasteiger partial charge in [-0.3, -0.25) is 4.79 Å². The van der Waals surface area contributed by atoms with E-state index in [1.165, 1.54) is 0 Å². The molecule has 2 rings (SSSR count). The standard InChI is InChI=1S/C15H21N3O4S/c1-10(2)16-14(19)11-4-3-5-12(8-11)17-15(20)18-13-6-7-23(21,22)9-13/h3-5,8,10,13H,6-7,9H2,1-2H3,(H,16,19)(H2,17,18,20). The third-order valence-electron chi connectivity index (χ3n) is 3.37. The highest BCUT2D eigenvalue weighted by molar-refractivity contribution is 7.91. The van der Waals surface area contributed by atoms with Crippen molar-refractivity contribution < 1.29 is 18.0 Å². The first-order valence-corrected chi connectivity index (χ1v) is 9.26. The number of carbonyl (C=O) groups excluding carboxylic acids is 2. The molecule has 1 fully saturated rings. The first kappa shape index (κ1) is 17.3. The van der Waals surface area contributed by atoms with Gasteiger partial charge >= 0.3 is 6.03 Å². The summed E-state index contributed by atoms with van der Waals surface area (Å²) in [6.07, 6.45) is 0.423. The topological polar surface area (TPSA) is 104 Å². The van der Waals surface area contributed by atoms with Crippen molar-refractivity contribution in [2.45, 2.75) is 32.4 Å². The second-order valence-corrected chi connectivity index (χ2v) is 8.14. The van der Waals surface area contributed by atoms with Gasteiger partial charge in [-0.25, -0.2) is 13.2 Å². The van der Waals surface area contributed by atoms with Crippen LogP contribution < -0.4 is 16.0 Å². The Morgan fingerprint density at radius 3 is 2.61 bits per heavy atom. The molecule has 1 saturated heterocycles. The molecule has 0 saturated carbocycles. The van der Waals surface area contributed by atoms with Gasteiger partial charge in [0.2, 0.25) is 0 Å². The summed E-state index contributed by atoms with van der Waals surface area (Å²) < 4.78 is 22.7. The maximum Gasteiger partial charge on any atom is 0.319 e. The smallest absolute Gasteiger partial charge is 0.319 e. The molecule has 1 atom stereocenters. The summed E-state index contributed by atoms with van der Waals surface area (Å²) in [6, 6.07) is 5.74. The molecule has 0 aliphatic carbocycles. The van der Waals surface area contributed by atoms with Gasteiger partial charge in [0.1, 0.15) is 0 Å². The normalized spacial score (nSPS) is 19.3. The van der Waals surface area contributed by atoms with Crippen molar-refractivity contribution in [2.24, 2.45) is 0 Å². The van der Waals surface area contributed by atoms with E-state index < -0.39 is 15.9 Å². The summed E-state index contributed by atoms with van der Waals surface area (Å²) in [6.45, 7) is 3.73. The van der Waals surface area contributed by atoms with Gasteiger partial charge in [0.05, 0.1) is 11.5 Å². The summed E-state index contributed by atoms with van der Waals surface area (Å²) in [5.41, 5.74) is 0.916. The molecule has 1 aliphatic heterocycles. The summed E-state index contributed by atoms with van der Waals surface area (Å²) >= 11 is 0. The van der Waals surface area contributed by atoms with Crippen LogP contribution in [0.15, 0.2) is 24.3 Å². The van der Waals surface area contributed by atoms with Gasteiger partial charge in [0, 0.05) is 23.3 Å². The molecule has 1 unspecified atom stereocenters. The molecule has 0 aromatic heterocycles. The number of nitrogens with one attached hydrogen (secondary N) is 3. The van der Waals surface area contributed by atoms with E-state index in [2.05, 4.69) is 16.0 Å². The van der Waals surface area contributed by atoms with Gasteiger partial charge in [0.25, 0.3) is 5.91 Å². The summed E-state index contributed by atoms with van der Waals surface area (Å²) in [5, 5.41) is 8.03. The van der Waals surface area contributed by atoms with Gasteiger partial charge in [0.15, 0.2) is 9.84 Å². The van der Waals surface area contributed by atoms with Crippen molar-refractivity contribution in [1.82, 2.24) is 10.6 Å². The number of hydrogen-bond donors (Lipinski definition) is 3. The predicted molar refractivity (Wildman–Crippen MR) is 88.3 cm³/mol. The molecule has 0 bridgehead atoms. The summed E-state index contributed by atoms with van der Waals surface area (Å²) in [7, 11) is -3.04. The molecular weight excluding hydrogens is 318 g/mol. The lowest BCUT2D eigenvalue weighted by molar-refractivity contribution is 0.0943. The Morgan fingerprint density at radius 2 is 2.00 bits per heavy atom. The van der Waals surface area contributed by atoms with Crippen LogP contribution in [0, 0.1) is 0 Å². The van der Waals surface area contributed by atoms with E-state index in [9.17, 15) is 18.0 Å². The van der Waals surface area contributed by atoms with Gasteiger partial charge in [-0.05, 0) is 38.5 Å². The third-order valence-corrected chi connectivity index (χ3v) is 5.14. The summed E-state index contributed by atoms with van der Waals surface area (Å²) in [4.78, 5) is 23.9. The molecule has 0 radical (unpaired) electrons. The number of sulfone groups is 1. The lowest BCUT2D eigenvalue weighted by atomic mass is 10.2. The second kappa shape index (κ2) is 6.99. The van der Waals surface area contributed by atoms with E-state index in [0.717, 1.165) is 0 Å². The highest BCUT2D eigenvalue weighted by atomic mass is 32.2. The Morgan fingerprint density at radius 1 is 1.26 bits per heavy atom. The minimum Gasteiger partial charge on any atom is -0.350 e. The molecule has 1 heterocycles.